The minimum atomic E-state index is 0.812. The summed E-state index contributed by atoms with van der Waals surface area (Å²) in [6, 6.07) is 26.4. The molecule has 0 aliphatic rings. The summed E-state index contributed by atoms with van der Waals surface area (Å²) in [7, 11) is 1.69. The van der Waals surface area contributed by atoms with Crippen LogP contribution in [0.15, 0.2) is 88.3 Å². The number of benzene rings is 4. The molecular weight excluding hydrogens is 334 g/mol. The van der Waals surface area contributed by atoms with Crippen LogP contribution in [0.4, 0.5) is 5.69 Å². The summed E-state index contributed by atoms with van der Waals surface area (Å²) >= 11 is 0. The van der Waals surface area contributed by atoms with Crippen molar-refractivity contribution in [1.82, 2.24) is 0 Å². The van der Waals surface area contributed by atoms with Crippen molar-refractivity contribution in [1.29, 1.82) is 0 Å². The summed E-state index contributed by atoms with van der Waals surface area (Å²) in [5.74, 6) is 0.812. The maximum Gasteiger partial charge on any atom is 0.135 e. The molecule has 0 saturated carbocycles. The largest absolute Gasteiger partial charge is 0.496 e. The lowest BCUT2D eigenvalue weighted by Crippen LogP contribution is -1.92. The molecule has 5 aromatic rings. The summed E-state index contributed by atoms with van der Waals surface area (Å²) in [6.07, 6.45) is 1.88. The first kappa shape index (κ1) is 15.6. The van der Waals surface area contributed by atoms with Crippen molar-refractivity contribution in [2.45, 2.75) is 0 Å². The average Bonchev–Trinajstić information content (AvgIpc) is 3.10. The first-order valence-electron chi connectivity index (χ1n) is 8.84. The van der Waals surface area contributed by atoms with Crippen LogP contribution < -0.4 is 4.74 Å². The van der Waals surface area contributed by atoms with Gasteiger partial charge in [-0.2, -0.15) is 0 Å². The topological polar surface area (TPSA) is 34.7 Å². The highest BCUT2D eigenvalue weighted by Crippen LogP contribution is 2.32. The SMILES string of the molecule is COc1ccc2ccccc2c1C=Nc1ccc2oc3ccccc3c2c1. The normalized spacial score (nSPS) is 11.7. The van der Waals surface area contributed by atoms with Crippen LogP contribution in [-0.4, -0.2) is 13.3 Å². The Balaban J connectivity index is 1.64. The number of nitrogens with zero attached hydrogens (tertiary/aromatic N) is 1. The van der Waals surface area contributed by atoms with Gasteiger partial charge in [0.15, 0.2) is 0 Å². The number of hydrogen-bond donors (Lipinski definition) is 0. The third-order valence-electron chi connectivity index (χ3n) is 4.85. The van der Waals surface area contributed by atoms with E-state index in [1.165, 1.54) is 0 Å². The maximum atomic E-state index is 5.89. The molecule has 27 heavy (non-hydrogen) atoms. The van der Waals surface area contributed by atoms with Gasteiger partial charge in [-0.05, 0) is 41.1 Å². The Hall–Kier alpha value is -3.59. The average molecular weight is 351 g/mol. The molecule has 4 aromatic carbocycles. The highest BCUT2D eigenvalue weighted by atomic mass is 16.5. The third kappa shape index (κ3) is 2.64. The monoisotopic (exact) mass is 351 g/mol. The molecule has 5 rings (SSSR count). The van der Waals surface area contributed by atoms with Crippen molar-refractivity contribution in [3.8, 4) is 5.75 Å². The molecule has 0 unspecified atom stereocenters. The molecule has 130 valence electrons. The molecule has 0 N–H and O–H groups in total. The van der Waals surface area contributed by atoms with Crippen LogP contribution >= 0.6 is 0 Å². The zero-order chi connectivity index (χ0) is 18.2. The molecular formula is C24H17NO2. The lowest BCUT2D eigenvalue weighted by atomic mass is 10.0. The number of aliphatic imine (C=N–C) groups is 1. The van der Waals surface area contributed by atoms with E-state index in [-0.39, 0.29) is 0 Å². The van der Waals surface area contributed by atoms with Crippen molar-refractivity contribution in [3.63, 3.8) is 0 Å². The minimum absolute atomic E-state index is 0.812. The molecule has 3 heteroatoms. The molecule has 0 spiro atoms. The molecule has 0 aliphatic heterocycles. The van der Waals surface area contributed by atoms with E-state index in [0.29, 0.717) is 0 Å². The molecule has 0 fully saturated rings. The van der Waals surface area contributed by atoms with Gasteiger partial charge in [-0.15, -0.1) is 0 Å². The number of furan rings is 1. The summed E-state index contributed by atoms with van der Waals surface area (Å²) < 4.78 is 11.4. The highest BCUT2D eigenvalue weighted by molar-refractivity contribution is 6.07. The van der Waals surface area contributed by atoms with Crippen LogP contribution in [0.1, 0.15) is 5.56 Å². The summed E-state index contributed by atoms with van der Waals surface area (Å²) in [4.78, 5) is 4.73. The van der Waals surface area contributed by atoms with Crippen molar-refractivity contribution in [2.75, 3.05) is 7.11 Å². The number of hydrogen-bond acceptors (Lipinski definition) is 3. The standard InChI is InChI=1S/C24H17NO2/c1-26-22-12-10-16-6-2-3-7-18(16)21(22)15-25-17-11-13-24-20(14-17)19-8-4-5-9-23(19)27-24/h2-15H,1H3. The summed E-state index contributed by atoms with van der Waals surface area (Å²) in [6.45, 7) is 0. The Morgan fingerprint density at radius 3 is 2.44 bits per heavy atom. The molecule has 1 aromatic heterocycles. The van der Waals surface area contributed by atoms with Gasteiger partial charge in [0, 0.05) is 22.6 Å². The molecule has 1 heterocycles. The minimum Gasteiger partial charge on any atom is -0.496 e. The van der Waals surface area contributed by atoms with Gasteiger partial charge in [-0.3, -0.25) is 4.99 Å². The third-order valence-corrected chi connectivity index (χ3v) is 4.85. The molecule has 0 radical (unpaired) electrons. The Bertz CT molecular complexity index is 1310. The van der Waals surface area contributed by atoms with Crippen molar-refractivity contribution in [3.05, 3.63) is 84.4 Å². The van der Waals surface area contributed by atoms with Gasteiger partial charge in [-0.25, -0.2) is 0 Å². The summed E-state index contributed by atoms with van der Waals surface area (Å²) in [5, 5.41) is 4.46. The second-order valence-electron chi connectivity index (χ2n) is 6.44. The van der Waals surface area contributed by atoms with Gasteiger partial charge in [0.1, 0.15) is 16.9 Å². The molecule has 0 atom stereocenters. The lowest BCUT2D eigenvalue weighted by molar-refractivity contribution is 0.415. The number of rotatable bonds is 3. The zero-order valence-electron chi connectivity index (χ0n) is 14.8. The van der Waals surface area contributed by atoms with E-state index in [4.69, 9.17) is 14.1 Å². The number of para-hydroxylation sites is 1. The van der Waals surface area contributed by atoms with Gasteiger partial charge >= 0.3 is 0 Å². The first-order chi connectivity index (χ1) is 13.3. The molecule has 0 aliphatic carbocycles. The van der Waals surface area contributed by atoms with E-state index >= 15 is 0 Å². The zero-order valence-corrected chi connectivity index (χ0v) is 14.8. The van der Waals surface area contributed by atoms with Crippen LogP contribution in [0, 0.1) is 0 Å². The van der Waals surface area contributed by atoms with Crippen molar-refractivity contribution < 1.29 is 9.15 Å². The van der Waals surface area contributed by atoms with Crippen LogP contribution in [0.3, 0.4) is 0 Å². The second-order valence-corrected chi connectivity index (χ2v) is 6.44. The van der Waals surface area contributed by atoms with Crippen LogP contribution in [-0.2, 0) is 0 Å². The number of ether oxygens (including phenoxy) is 1. The van der Waals surface area contributed by atoms with Crippen molar-refractivity contribution >= 4 is 44.6 Å². The van der Waals surface area contributed by atoms with Gasteiger partial charge in [-0.1, -0.05) is 48.5 Å². The Kier molecular flexibility index (Phi) is 3.65. The van der Waals surface area contributed by atoms with Gasteiger partial charge in [0.05, 0.1) is 12.8 Å². The van der Waals surface area contributed by atoms with Crippen molar-refractivity contribution in [2.24, 2.45) is 4.99 Å². The quantitative estimate of drug-likeness (QED) is 0.348. The fraction of sp³-hybridized carbons (Fsp3) is 0.0417. The predicted octanol–water partition coefficient (Wildman–Crippen LogP) is 6.50. The second kappa shape index (κ2) is 6.29. The summed E-state index contributed by atoms with van der Waals surface area (Å²) in [5.41, 5.74) is 3.62. The van der Waals surface area contributed by atoms with Crippen LogP contribution in [0.2, 0.25) is 0 Å². The van der Waals surface area contributed by atoms with Gasteiger partial charge in [0.25, 0.3) is 0 Å². The fourth-order valence-electron chi connectivity index (χ4n) is 3.52. The van der Waals surface area contributed by atoms with E-state index in [1.807, 2.05) is 54.7 Å². The van der Waals surface area contributed by atoms with E-state index in [1.54, 1.807) is 7.11 Å². The predicted molar refractivity (Wildman–Crippen MR) is 111 cm³/mol. The number of fused-ring (bicyclic) bond motifs is 4. The Morgan fingerprint density at radius 2 is 1.56 bits per heavy atom. The van der Waals surface area contributed by atoms with Gasteiger partial charge < -0.3 is 9.15 Å². The fourth-order valence-corrected chi connectivity index (χ4v) is 3.52. The van der Waals surface area contributed by atoms with Gasteiger partial charge in [0.2, 0.25) is 0 Å². The first-order valence-corrected chi connectivity index (χ1v) is 8.84. The highest BCUT2D eigenvalue weighted by Gasteiger charge is 2.08. The Labute approximate surface area is 156 Å². The van der Waals surface area contributed by atoms with E-state index in [2.05, 4.69) is 30.3 Å². The van der Waals surface area contributed by atoms with E-state index < -0.39 is 0 Å². The van der Waals surface area contributed by atoms with E-state index in [9.17, 15) is 0 Å². The van der Waals surface area contributed by atoms with E-state index in [0.717, 1.165) is 49.7 Å². The Morgan fingerprint density at radius 1 is 0.778 bits per heavy atom. The van der Waals surface area contributed by atoms with Crippen LogP contribution in [0.25, 0.3) is 32.7 Å². The molecule has 0 amide bonds. The molecule has 3 nitrogen and oxygen atoms in total. The smallest absolute Gasteiger partial charge is 0.135 e. The lowest BCUT2D eigenvalue weighted by Gasteiger charge is -2.08. The number of methoxy groups -OCH3 is 1. The molecule has 0 bridgehead atoms. The molecule has 0 saturated heterocycles. The maximum absolute atomic E-state index is 5.89. The van der Waals surface area contributed by atoms with Crippen LogP contribution in [0.5, 0.6) is 5.75 Å².